The number of nitrogens with zero attached hydrogens (tertiary/aromatic N) is 1. The average Bonchev–Trinajstić information content (AvgIpc) is 2.56. The number of likely N-dealkylation sites (N-methyl/N-ethyl adjacent to an activating group) is 1. The van der Waals surface area contributed by atoms with Gasteiger partial charge in [0.2, 0.25) is 0 Å². The predicted octanol–water partition coefficient (Wildman–Crippen LogP) is 4.48. The first-order valence-corrected chi connectivity index (χ1v) is 7.93. The summed E-state index contributed by atoms with van der Waals surface area (Å²) in [7, 11) is 2.02. The van der Waals surface area contributed by atoms with Crippen molar-refractivity contribution in [2.24, 2.45) is 0 Å². The van der Waals surface area contributed by atoms with Crippen LogP contribution in [0.25, 0.3) is 0 Å². The predicted molar refractivity (Wildman–Crippen MR) is 101 cm³/mol. The minimum atomic E-state index is -0.455. The van der Waals surface area contributed by atoms with Gasteiger partial charge in [0.15, 0.2) is 0 Å². The van der Waals surface area contributed by atoms with Crippen molar-refractivity contribution in [3.05, 3.63) is 65.2 Å². The summed E-state index contributed by atoms with van der Waals surface area (Å²) in [5.41, 5.74) is 1.97. The first kappa shape index (κ1) is 20.3. The van der Waals surface area contributed by atoms with Crippen LogP contribution < -0.4 is 5.32 Å². The molecule has 0 bridgehead atoms. The molecule has 6 heteroatoms. The maximum Gasteiger partial charge on any atom is 0.411 e. The van der Waals surface area contributed by atoms with Gasteiger partial charge >= 0.3 is 6.09 Å². The van der Waals surface area contributed by atoms with Crippen LogP contribution in [0.15, 0.2) is 54.6 Å². The number of rotatable bonds is 7. The summed E-state index contributed by atoms with van der Waals surface area (Å²) in [5.74, 6) is 0. The van der Waals surface area contributed by atoms with E-state index in [0.717, 1.165) is 13.0 Å². The van der Waals surface area contributed by atoms with E-state index >= 15 is 0 Å². The third kappa shape index (κ3) is 7.68. The molecule has 0 radical (unpaired) electrons. The number of carbonyl (C=O) groups excluding carboxylic acids is 1. The van der Waals surface area contributed by atoms with Crippen LogP contribution in [0.4, 0.5) is 10.5 Å². The molecule has 0 fully saturated rings. The summed E-state index contributed by atoms with van der Waals surface area (Å²) >= 11 is 5.79. The summed E-state index contributed by atoms with van der Waals surface area (Å²) in [5, 5.41) is 3.29. The molecular weight excluding hydrogens is 347 g/mol. The van der Waals surface area contributed by atoms with Gasteiger partial charge in [-0.25, -0.2) is 4.79 Å². The molecule has 0 spiro atoms. The van der Waals surface area contributed by atoms with Crippen molar-refractivity contribution >= 4 is 35.8 Å². The zero-order valence-electron chi connectivity index (χ0n) is 13.6. The number of hydrogen-bond acceptors (Lipinski definition) is 3. The number of hydrogen-bond donors (Lipinski definition) is 1. The zero-order valence-corrected chi connectivity index (χ0v) is 15.1. The molecule has 1 amide bonds. The molecule has 130 valence electrons. The number of ether oxygens (including phenoxy) is 1. The number of amides is 1. The van der Waals surface area contributed by atoms with E-state index in [1.54, 1.807) is 24.3 Å². The van der Waals surface area contributed by atoms with Crippen LogP contribution in [0.3, 0.4) is 0 Å². The maximum absolute atomic E-state index is 11.7. The highest BCUT2D eigenvalue weighted by atomic mass is 35.5. The Hall–Kier alpha value is -1.75. The van der Waals surface area contributed by atoms with E-state index in [9.17, 15) is 4.79 Å². The van der Waals surface area contributed by atoms with Crippen LogP contribution in [0.5, 0.6) is 0 Å². The lowest BCUT2D eigenvalue weighted by atomic mass is 10.1. The molecular formula is C18H22Cl2N2O2. The summed E-state index contributed by atoms with van der Waals surface area (Å²) in [4.78, 5) is 13.8. The largest absolute Gasteiger partial charge is 0.448 e. The minimum absolute atomic E-state index is 0. The van der Waals surface area contributed by atoms with Gasteiger partial charge in [0, 0.05) is 23.8 Å². The van der Waals surface area contributed by atoms with Crippen molar-refractivity contribution in [3.63, 3.8) is 0 Å². The van der Waals surface area contributed by atoms with Gasteiger partial charge in [-0.05, 0) is 43.3 Å². The molecule has 0 unspecified atom stereocenters. The number of halogens is 2. The van der Waals surface area contributed by atoms with Crippen molar-refractivity contribution in [1.29, 1.82) is 0 Å². The highest BCUT2D eigenvalue weighted by molar-refractivity contribution is 6.30. The van der Waals surface area contributed by atoms with E-state index in [0.29, 0.717) is 23.9 Å². The molecule has 0 aliphatic carbocycles. The smallest absolute Gasteiger partial charge is 0.411 e. The maximum atomic E-state index is 11.7. The Bertz CT molecular complexity index is 606. The number of nitrogens with one attached hydrogen (secondary N) is 1. The van der Waals surface area contributed by atoms with Gasteiger partial charge in [-0.3, -0.25) is 5.32 Å². The van der Waals surface area contributed by atoms with Gasteiger partial charge in [-0.1, -0.05) is 41.9 Å². The van der Waals surface area contributed by atoms with E-state index < -0.39 is 6.09 Å². The molecule has 0 atom stereocenters. The highest BCUT2D eigenvalue weighted by Gasteiger charge is 2.05. The number of benzene rings is 2. The average molecular weight is 369 g/mol. The molecule has 0 saturated heterocycles. The molecule has 0 aliphatic rings. The monoisotopic (exact) mass is 368 g/mol. The summed E-state index contributed by atoms with van der Waals surface area (Å²) in [6.07, 6.45) is 0.526. The molecule has 2 rings (SSSR count). The third-order valence-corrected chi connectivity index (χ3v) is 3.67. The van der Waals surface area contributed by atoms with E-state index in [1.165, 1.54) is 5.56 Å². The van der Waals surface area contributed by atoms with Crippen LogP contribution in [0.1, 0.15) is 5.56 Å². The molecule has 4 nitrogen and oxygen atoms in total. The normalized spacial score (nSPS) is 10.1. The Morgan fingerprint density at radius 1 is 1.08 bits per heavy atom. The topological polar surface area (TPSA) is 41.6 Å². The highest BCUT2D eigenvalue weighted by Crippen LogP contribution is 2.13. The van der Waals surface area contributed by atoms with Crippen LogP contribution >= 0.6 is 24.0 Å². The summed E-state index contributed by atoms with van der Waals surface area (Å²) < 4.78 is 5.17. The summed E-state index contributed by atoms with van der Waals surface area (Å²) in [6, 6.07) is 17.2. The number of anilines is 1. The van der Waals surface area contributed by atoms with Gasteiger partial charge in [0.25, 0.3) is 0 Å². The van der Waals surface area contributed by atoms with Crippen LogP contribution in [0.2, 0.25) is 5.02 Å². The Labute approximate surface area is 154 Å². The van der Waals surface area contributed by atoms with Crippen molar-refractivity contribution in [1.82, 2.24) is 4.90 Å². The van der Waals surface area contributed by atoms with E-state index in [2.05, 4.69) is 22.3 Å². The second-order valence-corrected chi connectivity index (χ2v) is 5.74. The van der Waals surface area contributed by atoms with Crippen LogP contribution in [-0.2, 0) is 11.2 Å². The van der Waals surface area contributed by atoms with Crippen molar-refractivity contribution in [2.45, 2.75) is 6.42 Å². The fourth-order valence-corrected chi connectivity index (χ4v) is 2.18. The quantitative estimate of drug-likeness (QED) is 0.782. The molecule has 0 aliphatic heterocycles. The van der Waals surface area contributed by atoms with Crippen LogP contribution in [-0.4, -0.2) is 37.7 Å². The van der Waals surface area contributed by atoms with Crippen molar-refractivity contribution in [2.75, 3.05) is 32.1 Å². The molecule has 0 saturated carbocycles. The molecule has 2 aromatic rings. The minimum Gasteiger partial charge on any atom is -0.448 e. The van der Waals surface area contributed by atoms with E-state index in [-0.39, 0.29) is 12.4 Å². The summed E-state index contributed by atoms with van der Waals surface area (Å²) in [6.45, 7) is 1.97. The Kier molecular flexibility index (Phi) is 9.23. The van der Waals surface area contributed by atoms with E-state index in [4.69, 9.17) is 16.3 Å². The van der Waals surface area contributed by atoms with Gasteiger partial charge in [-0.15, -0.1) is 12.4 Å². The lowest BCUT2D eigenvalue weighted by molar-refractivity contribution is 0.146. The second kappa shape index (κ2) is 10.9. The van der Waals surface area contributed by atoms with Gasteiger partial charge in [0.1, 0.15) is 6.61 Å². The van der Waals surface area contributed by atoms with Crippen molar-refractivity contribution in [3.8, 4) is 0 Å². The Morgan fingerprint density at radius 3 is 2.42 bits per heavy atom. The molecule has 2 aromatic carbocycles. The Morgan fingerprint density at radius 2 is 1.75 bits per heavy atom. The Balaban J connectivity index is 0.00000288. The number of carbonyl (C=O) groups is 1. The molecule has 24 heavy (non-hydrogen) atoms. The van der Waals surface area contributed by atoms with Crippen molar-refractivity contribution < 1.29 is 9.53 Å². The van der Waals surface area contributed by atoms with Gasteiger partial charge in [-0.2, -0.15) is 0 Å². The lowest BCUT2D eigenvalue weighted by Crippen LogP contribution is -2.27. The first-order chi connectivity index (χ1) is 11.1. The van der Waals surface area contributed by atoms with Gasteiger partial charge < -0.3 is 9.64 Å². The molecule has 0 aromatic heterocycles. The fraction of sp³-hybridized carbons (Fsp3) is 0.278. The van der Waals surface area contributed by atoms with Crippen LogP contribution in [0, 0.1) is 0 Å². The second-order valence-electron chi connectivity index (χ2n) is 5.31. The molecule has 0 heterocycles. The first-order valence-electron chi connectivity index (χ1n) is 7.55. The SMILES string of the molecule is CN(CCOC(=O)Nc1ccc(Cl)cc1)CCc1ccccc1.Cl. The molecule has 1 N–H and O–H groups in total. The standard InChI is InChI=1S/C18H21ClN2O2.ClH/c1-21(12-11-15-5-3-2-4-6-15)13-14-23-18(22)20-17-9-7-16(19)8-10-17;/h2-10H,11-14H2,1H3,(H,20,22);1H. The van der Waals surface area contributed by atoms with E-state index in [1.807, 2.05) is 25.2 Å². The fourth-order valence-electron chi connectivity index (χ4n) is 2.06. The third-order valence-electron chi connectivity index (χ3n) is 3.42. The van der Waals surface area contributed by atoms with Gasteiger partial charge in [0.05, 0.1) is 0 Å². The zero-order chi connectivity index (χ0) is 16.5. The lowest BCUT2D eigenvalue weighted by Gasteiger charge is -2.16.